The van der Waals surface area contributed by atoms with Crippen LogP contribution in [0.1, 0.15) is 32.6 Å². The number of piperidine rings is 1. The highest BCUT2D eigenvalue weighted by atomic mass is 32.1. The van der Waals surface area contributed by atoms with Gasteiger partial charge in [-0.1, -0.05) is 6.92 Å². The maximum absolute atomic E-state index is 5.25. The molecule has 1 saturated carbocycles. The molecule has 1 aliphatic heterocycles. The van der Waals surface area contributed by atoms with Gasteiger partial charge in [0.1, 0.15) is 0 Å². The van der Waals surface area contributed by atoms with Crippen LogP contribution in [0.5, 0.6) is 0 Å². The summed E-state index contributed by atoms with van der Waals surface area (Å²) in [4.78, 5) is 2.53. The Hall–Kier alpha value is -0.350. The molecule has 1 heterocycles. The second-order valence-corrected chi connectivity index (χ2v) is 5.41. The van der Waals surface area contributed by atoms with Crippen LogP contribution in [0.4, 0.5) is 0 Å². The molecule has 1 aliphatic carbocycles. The Morgan fingerprint density at radius 2 is 1.94 bits per heavy atom. The SMILES string of the molecule is CCN1CCC(CNC(=S)NC2CC2)CC1. The molecule has 16 heavy (non-hydrogen) atoms. The third kappa shape index (κ3) is 3.91. The van der Waals surface area contributed by atoms with Crippen LogP contribution in [-0.2, 0) is 0 Å². The lowest BCUT2D eigenvalue weighted by Gasteiger charge is -2.31. The molecule has 2 rings (SSSR count). The Morgan fingerprint density at radius 1 is 1.25 bits per heavy atom. The van der Waals surface area contributed by atoms with Crippen LogP contribution in [0, 0.1) is 5.92 Å². The first-order valence-electron chi connectivity index (χ1n) is 6.54. The van der Waals surface area contributed by atoms with E-state index in [0.29, 0.717) is 6.04 Å². The van der Waals surface area contributed by atoms with Crippen molar-refractivity contribution in [1.29, 1.82) is 0 Å². The predicted molar refractivity (Wildman–Crippen MR) is 71.6 cm³/mol. The van der Waals surface area contributed by atoms with Gasteiger partial charge in [0.2, 0.25) is 0 Å². The average molecular weight is 241 g/mol. The van der Waals surface area contributed by atoms with E-state index in [1.165, 1.54) is 45.3 Å². The molecular weight excluding hydrogens is 218 g/mol. The zero-order chi connectivity index (χ0) is 11.4. The van der Waals surface area contributed by atoms with Gasteiger partial charge >= 0.3 is 0 Å². The Balaban J connectivity index is 1.57. The van der Waals surface area contributed by atoms with Crippen molar-refractivity contribution in [2.45, 2.75) is 38.6 Å². The van der Waals surface area contributed by atoms with Crippen molar-refractivity contribution in [2.24, 2.45) is 5.92 Å². The second-order valence-electron chi connectivity index (χ2n) is 5.01. The molecule has 0 spiro atoms. The molecule has 0 amide bonds. The summed E-state index contributed by atoms with van der Waals surface area (Å²) in [7, 11) is 0. The third-order valence-electron chi connectivity index (χ3n) is 3.62. The Morgan fingerprint density at radius 3 is 2.50 bits per heavy atom. The van der Waals surface area contributed by atoms with Gasteiger partial charge in [0, 0.05) is 12.6 Å². The molecule has 2 aliphatic rings. The van der Waals surface area contributed by atoms with E-state index >= 15 is 0 Å². The highest BCUT2D eigenvalue weighted by molar-refractivity contribution is 7.80. The number of hydrogen-bond acceptors (Lipinski definition) is 2. The lowest BCUT2D eigenvalue weighted by atomic mass is 9.97. The van der Waals surface area contributed by atoms with Gasteiger partial charge in [-0.2, -0.15) is 0 Å². The van der Waals surface area contributed by atoms with E-state index in [4.69, 9.17) is 12.2 Å². The fourth-order valence-corrected chi connectivity index (χ4v) is 2.46. The molecule has 3 nitrogen and oxygen atoms in total. The monoisotopic (exact) mass is 241 g/mol. The molecule has 0 aromatic heterocycles. The van der Waals surface area contributed by atoms with Crippen molar-refractivity contribution in [3.05, 3.63) is 0 Å². The number of likely N-dealkylation sites (tertiary alicyclic amines) is 1. The van der Waals surface area contributed by atoms with Gasteiger partial charge in [0.15, 0.2) is 5.11 Å². The van der Waals surface area contributed by atoms with Crippen molar-refractivity contribution in [2.75, 3.05) is 26.2 Å². The van der Waals surface area contributed by atoms with Crippen molar-refractivity contribution < 1.29 is 0 Å². The van der Waals surface area contributed by atoms with E-state index < -0.39 is 0 Å². The zero-order valence-corrected chi connectivity index (χ0v) is 11.0. The third-order valence-corrected chi connectivity index (χ3v) is 3.88. The van der Waals surface area contributed by atoms with Gasteiger partial charge in [-0.25, -0.2) is 0 Å². The fraction of sp³-hybridized carbons (Fsp3) is 0.917. The number of rotatable bonds is 4. The molecule has 0 radical (unpaired) electrons. The molecule has 2 N–H and O–H groups in total. The molecule has 0 bridgehead atoms. The molecule has 4 heteroatoms. The summed E-state index contributed by atoms with van der Waals surface area (Å²) in [5.41, 5.74) is 0. The van der Waals surface area contributed by atoms with Crippen LogP contribution >= 0.6 is 12.2 Å². The molecule has 0 aromatic carbocycles. The van der Waals surface area contributed by atoms with Gasteiger partial charge in [0.05, 0.1) is 0 Å². The minimum atomic E-state index is 0.668. The molecule has 0 aromatic rings. The van der Waals surface area contributed by atoms with Crippen molar-refractivity contribution in [3.63, 3.8) is 0 Å². The first-order chi connectivity index (χ1) is 7.78. The van der Waals surface area contributed by atoms with E-state index in [1.54, 1.807) is 0 Å². The maximum atomic E-state index is 5.25. The number of thiocarbonyl (C=S) groups is 1. The van der Waals surface area contributed by atoms with Crippen molar-refractivity contribution in [3.8, 4) is 0 Å². The van der Waals surface area contributed by atoms with E-state index in [0.717, 1.165) is 17.6 Å². The summed E-state index contributed by atoms with van der Waals surface area (Å²) in [5, 5.41) is 7.54. The topological polar surface area (TPSA) is 27.3 Å². The zero-order valence-electron chi connectivity index (χ0n) is 10.2. The van der Waals surface area contributed by atoms with Crippen LogP contribution in [0.2, 0.25) is 0 Å². The number of hydrogen-bond donors (Lipinski definition) is 2. The van der Waals surface area contributed by atoms with Gasteiger partial charge in [0.25, 0.3) is 0 Å². The summed E-state index contributed by atoms with van der Waals surface area (Å²) in [6.07, 6.45) is 5.20. The quantitative estimate of drug-likeness (QED) is 0.727. The van der Waals surface area contributed by atoms with Crippen LogP contribution in [0.25, 0.3) is 0 Å². The van der Waals surface area contributed by atoms with Crippen LogP contribution in [0.15, 0.2) is 0 Å². The molecule has 92 valence electrons. The standard InChI is InChI=1S/C12H23N3S/c1-2-15-7-5-10(6-8-15)9-13-12(16)14-11-3-4-11/h10-11H,2-9H2,1H3,(H2,13,14,16). The molecule has 1 saturated heterocycles. The summed E-state index contributed by atoms with van der Waals surface area (Å²) < 4.78 is 0. The smallest absolute Gasteiger partial charge is 0.166 e. The predicted octanol–water partition coefficient (Wildman–Crippen LogP) is 1.34. The van der Waals surface area contributed by atoms with Crippen LogP contribution < -0.4 is 10.6 Å². The highest BCUT2D eigenvalue weighted by Gasteiger charge is 2.22. The molecule has 2 fully saturated rings. The maximum Gasteiger partial charge on any atom is 0.166 e. The first kappa shape index (κ1) is 12.1. The van der Waals surface area contributed by atoms with E-state index in [9.17, 15) is 0 Å². The number of nitrogens with zero attached hydrogens (tertiary/aromatic N) is 1. The Labute approximate surface area is 104 Å². The van der Waals surface area contributed by atoms with Gasteiger partial charge in [-0.15, -0.1) is 0 Å². The summed E-state index contributed by atoms with van der Waals surface area (Å²) >= 11 is 5.25. The summed E-state index contributed by atoms with van der Waals surface area (Å²) in [6, 6.07) is 0.668. The van der Waals surface area contributed by atoms with E-state index in [1.807, 2.05) is 0 Å². The van der Waals surface area contributed by atoms with Gasteiger partial charge < -0.3 is 15.5 Å². The largest absolute Gasteiger partial charge is 0.362 e. The summed E-state index contributed by atoms with van der Waals surface area (Å²) in [5.74, 6) is 0.807. The normalized spacial score (nSPS) is 23.1. The Kier molecular flexibility index (Phi) is 4.41. The minimum Gasteiger partial charge on any atom is -0.362 e. The Bertz CT molecular complexity index is 232. The van der Waals surface area contributed by atoms with E-state index in [2.05, 4.69) is 22.5 Å². The second kappa shape index (κ2) is 5.82. The van der Waals surface area contributed by atoms with Crippen molar-refractivity contribution >= 4 is 17.3 Å². The minimum absolute atomic E-state index is 0.668. The average Bonchev–Trinajstić information content (AvgIpc) is 3.11. The lowest BCUT2D eigenvalue weighted by Crippen LogP contribution is -2.42. The van der Waals surface area contributed by atoms with Crippen LogP contribution in [-0.4, -0.2) is 42.2 Å². The molecule has 0 atom stereocenters. The van der Waals surface area contributed by atoms with Crippen LogP contribution in [0.3, 0.4) is 0 Å². The summed E-state index contributed by atoms with van der Waals surface area (Å²) in [6.45, 7) is 7.00. The fourth-order valence-electron chi connectivity index (χ4n) is 2.21. The first-order valence-corrected chi connectivity index (χ1v) is 6.95. The highest BCUT2D eigenvalue weighted by Crippen LogP contribution is 2.18. The van der Waals surface area contributed by atoms with E-state index in [-0.39, 0.29) is 0 Å². The molecule has 0 unspecified atom stereocenters. The number of nitrogens with one attached hydrogen (secondary N) is 2. The lowest BCUT2D eigenvalue weighted by molar-refractivity contribution is 0.193. The van der Waals surface area contributed by atoms with Crippen molar-refractivity contribution in [1.82, 2.24) is 15.5 Å². The van der Waals surface area contributed by atoms with Gasteiger partial charge in [-0.05, 0) is 63.5 Å². The van der Waals surface area contributed by atoms with Gasteiger partial charge in [-0.3, -0.25) is 0 Å². The molecular formula is C12H23N3S.